The maximum absolute atomic E-state index is 14.1. The van der Waals surface area contributed by atoms with Crippen molar-refractivity contribution >= 4 is 11.6 Å². The van der Waals surface area contributed by atoms with Gasteiger partial charge in [0.15, 0.2) is 5.78 Å². The normalized spacial score (nSPS) is 15.5. The summed E-state index contributed by atoms with van der Waals surface area (Å²) >= 11 is 0. The Kier molecular flexibility index (Phi) is 4.89. The zero-order valence-electron chi connectivity index (χ0n) is 16.0. The van der Waals surface area contributed by atoms with Crippen LogP contribution in [0.25, 0.3) is 0 Å². The Morgan fingerprint density at radius 2 is 1.72 bits per heavy atom. The van der Waals surface area contributed by atoms with Crippen LogP contribution in [0.5, 0.6) is 17.2 Å². The summed E-state index contributed by atoms with van der Waals surface area (Å²) in [6.07, 6.45) is 0. The van der Waals surface area contributed by atoms with Crippen LogP contribution in [0.2, 0.25) is 0 Å². The van der Waals surface area contributed by atoms with Crippen LogP contribution in [-0.4, -0.2) is 18.7 Å². The topological polar surface area (TPSA) is 52.6 Å². The third kappa shape index (κ3) is 3.40. The average molecular weight is 390 g/mol. The van der Waals surface area contributed by atoms with Crippen LogP contribution in [0.3, 0.4) is 0 Å². The lowest BCUT2D eigenvalue weighted by atomic mass is 9.74. The number of ether oxygens (including phenoxy) is 2. The van der Waals surface area contributed by atoms with Crippen molar-refractivity contribution in [3.8, 4) is 17.2 Å². The molecule has 0 saturated heterocycles. The number of carbonyl (C=O) groups is 2. The van der Waals surface area contributed by atoms with Gasteiger partial charge in [0, 0.05) is 22.6 Å². The Morgan fingerprint density at radius 1 is 0.966 bits per heavy atom. The number of carbonyl (C=O) groups excluding carboxylic acids is 2. The first-order valence-electron chi connectivity index (χ1n) is 9.24. The molecule has 5 heteroatoms. The van der Waals surface area contributed by atoms with E-state index in [1.165, 1.54) is 32.2 Å². The predicted octanol–water partition coefficient (Wildman–Crippen LogP) is 5.16. The van der Waals surface area contributed by atoms with Gasteiger partial charge in [-0.2, -0.15) is 0 Å². The van der Waals surface area contributed by atoms with Crippen molar-refractivity contribution in [2.75, 3.05) is 7.11 Å². The van der Waals surface area contributed by atoms with Crippen molar-refractivity contribution in [1.29, 1.82) is 0 Å². The third-order valence-corrected chi connectivity index (χ3v) is 5.19. The summed E-state index contributed by atoms with van der Waals surface area (Å²) in [6, 6.07) is 18.1. The molecule has 29 heavy (non-hydrogen) atoms. The van der Waals surface area contributed by atoms with Gasteiger partial charge in [0.2, 0.25) is 0 Å². The van der Waals surface area contributed by atoms with Gasteiger partial charge in [0.1, 0.15) is 28.8 Å². The van der Waals surface area contributed by atoms with Gasteiger partial charge < -0.3 is 9.47 Å². The Hall–Kier alpha value is -3.47. The fourth-order valence-electron chi connectivity index (χ4n) is 3.86. The summed E-state index contributed by atoms with van der Waals surface area (Å²) in [4.78, 5) is 26.2. The van der Waals surface area contributed by atoms with Crippen LogP contribution in [-0.2, 0) is 4.79 Å². The molecule has 0 radical (unpaired) electrons. The van der Waals surface area contributed by atoms with Crippen molar-refractivity contribution in [3.63, 3.8) is 0 Å². The maximum Gasteiger partial charge on any atom is 0.174 e. The summed E-state index contributed by atoms with van der Waals surface area (Å²) in [7, 11) is 1.51. The van der Waals surface area contributed by atoms with Crippen molar-refractivity contribution in [3.05, 3.63) is 89.2 Å². The monoisotopic (exact) mass is 390 g/mol. The van der Waals surface area contributed by atoms with E-state index in [1.54, 1.807) is 30.3 Å². The van der Waals surface area contributed by atoms with Gasteiger partial charge in [0.25, 0.3) is 0 Å². The molecule has 3 aromatic rings. The highest BCUT2D eigenvalue weighted by molar-refractivity contribution is 6.11. The molecular formula is C24H19FO4. The van der Waals surface area contributed by atoms with Crippen LogP contribution in [0.15, 0.2) is 66.7 Å². The van der Waals surface area contributed by atoms with Gasteiger partial charge in [-0.3, -0.25) is 9.59 Å². The van der Waals surface area contributed by atoms with E-state index in [2.05, 4.69) is 0 Å². The molecule has 4 nitrogen and oxygen atoms in total. The minimum Gasteiger partial charge on any atom is -0.497 e. The molecule has 0 unspecified atom stereocenters. The number of para-hydroxylation sites is 1. The van der Waals surface area contributed by atoms with Gasteiger partial charge in [-0.15, -0.1) is 0 Å². The Morgan fingerprint density at radius 3 is 2.48 bits per heavy atom. The molecule has 4 rings (SSSR count). The molecular weight excluding hydrogens is 371 g/mol. The summed E-state index contributed by atoms with van der Waals surface area (Å²) < 4.78 is 25.2. The van der Waals surface area contributed by atoms with Gasteiger partial charge in [-0.25, -0.2) is 4.39 Å². The molecule has 2 atom stereocenters. The lowest BCUT2D eigenvalue weighted by Crippen LogP contribution is -2.31. The van der Waals surface area contributed by atoms with Crippen molar-refractivity contribution in [2.45, 2.75) is 12.8 Å². The number of rotatable bonds is 5. The van der Waals surface area contributed by atoms with Crippen LogP contribution in [0.4, 0.5) is 4.39 Å². The molecule has 0 fully saturated rings. The first kappa shape index (κ1) is 18.9. The lowest BCUT2D eigenvalue weighted by Gasteiger charge is -2.32. The van der Waals surface area contributed by atoms with E-state index in [9.17, 15) is 14.0 Å². The Labute approximate surface area is 167 Å². The van der Waals surface area contributed by atoms with E-state index in [4.69, 9.17) is 9.47 Å². The van der Waals surface area contributed by atoms with E-state index >= 15 is 0 Å². The highest BCUT2D eigenvalue weighted by Gasteiger charge is 2.40. The summed E-state index contributed by atoms with van der Waals surface area (Å²) in [6.45, 7) is 1.39. The Balaban J connectivity index is 1.89. The number of hydrogen-bond donors (Lipinski definition) is 0. The summed E-state index contributed by atoms with van der Waals surface area (Å²) in [5, 5.41) is 0. The van der Waals surface area contributed by atoms with E-state index in [-0.39, 0.29) is 11.6 Å². The highest BCUT2D eigenvalue weighted by atomic mass is 19.1. The lowest BCUT2D eigenvalue weighted by molar-refractivity contribution is -0.119. The first-order valence-corrected chi connectivity index (χ1v) is 9.24. The fourth-order valence-corrected chi connectivity index (χ4v) is 3.86. The first-order chi connectivity index (χ1) is 14.0. The number of ketones is 2. The van der Waals surface area contributed by atoms with E-state index in [1.807, 2.05) is 18.2 Å². The molecule has 0 amide bonds. The number of methoxy groups -OCH3 is 1. The molecule has 0 spiro atoms. The third-order valence-electron chi connectivity index (χ3n) is 5.19. The standard InChI is InChI=1S/C24H19FO4/c1-14(26)22(24(27)15-6-5-7-17(12-15)28-2)23-18-8-3-4-9-20(18)29-21-11-10-16(25)13-19(21)23/h3-13,22-23H,1-2H3/t22-,23-/m0/s1. The van der Waals surface area contributed by atoms with Crippen LogP contribution < -0.4 is 9.47 Å². The fraction of sp³-hybridized carbons (Fsp3) is 0.167. The van der Waals surface area contributed by atoms with E-state index in [0.29, 0.717) is 33.9 Å². The van der Waals surface area contributed by atoms with Crippen molar-refractivity contribution in [1.82, 2.24) is 0 Å². The molecule has 146 valence electrons. The SMILES string of the molecule is COc1cccc(C(=O)[C@@H](C(C)=O)[C@H]2c3ccccc3Oc3ccc(F)cc32)c1. The predicted molar refractivity (Wildman–Crippen MR) is 106 cm³/mol. The van der Waals surface area contributed by atoms with Crippen LogP contribution in [0, 0.1) is 11.7 Å². The van der Waals surface area contributed by atoms with E-state index < -0.39 is 17.7 Å². The van der Waals surface area contributed by atoms with E-state index in [0.717, 1.165) is 0 Å². The molecule has 1 aliphatic heterocycles. The number of Topliss-reactive ketones (excluding diaryl/α,β-unsaturated/α-hetero) is 2. The smallest absolute Gasteiger partial charge is 0.174 e. The minimum atomic E-state index is -1.02. The zero-order valence-corrected chi connectivity index (χ0v) is 16.0. The van der Waals surface area contributed by atoms with Gasteiger partial charge in [-0.05, 0) is 43.3 Å². The van der Waals surface area contributed by atoms with Crippen molar-refractivity contribution in [2.24, 2.45) is 5.92 Å². The second-order valence-electron chi connectivity index (χ2n) is 6.98. The number of fused-ring (bicyclic) bond motifs is 2. The number of hydrogen-bond acceptors (Lipinski definition) is 4. The molecule has 1 aliphatic rings. The quantitative estimate of drug-likeness (QED) is 0.446. The van der Waals surface area contributed by atoms with Gasteiger partial charge in [0.05, 0.1) is 13.0 Å². The average Bonchev–Trinajstić information content (AvgIpc) is 2.73. The van der Waals surface area contributed by atoms with Gasteiger partial charge >= 0.3 is 0 Å². The summed E-state index contributed by atoms with van der Waals surface area (Å²) in [5.74, 6) is -1.23. The largest absolute Gasteiger partial charge is 0.497 e. The van der Waals surface area contributed by atoms with Crippen LogP contribution in [0.1, 0.15) is 34.3 Å². The maximum atomic E-state index is 14.1. The second-order valence-corrected chi connectivity index (χ2v) is 6.98. The highest BCUT2D eigenvalue weighted by Crippen LogP contribution is 2.48. The molecule has 0 saturated carbocycles. The molecule has 0 aliphatic carbocycles. The molecule has 1 heterocycles. The Bertz CT molecular complexity index is 1110. The zero-order chi connectivity index (χ0) is 20.5. The molecule has 3 aromatic carbocycles. The minimum absolute atomic E-state index is 0.297. The number of halogens is 1. The molecule has 0 aromatic heterocycles. The molecule has 0 bridgehead atoms. The van der Waals surface area contributed by atoms with Crippen LogP contribution >= 0.6 is 0 Å². The van der Waals surface area contributed by atoms with Crippen molar-refractivity contribution < 1.29 is 23.5 Å². The number of benzene rings is 3. The molecule has 0 N–H and O–H groups in total. The second kappa shape index (κ2) is 7.51. The summed E-state index contributed by atoms with van der Waals surface area (Å²) in [5.41, 5.74) is 1.54. The van der Waals surface area contributed by atoms with Gasteiger partial charge in [-0.1, -0.05) is 30.3 Å².